The molecule has 0 N–H and O–H groups in total. The zero-order valence-electron chi connectivity index (χ0n) is 27.7. The molecule has 3 aromatic carbocycles. The lowest BCUT2D eigenvalue weighted by Crippen LogP contribution is -2.01. The highest BCUT2D eigenvalue weighted by molar-refractivity contribution is 5.82. The van der Waals surface area contributed by atoms with Crippen LogP contribution in [0.4, 0.5) is 0 Å². The van der Waals surface area contributed by atoms with E-state index in [1.165, 1.54) is 24.0 Å². The maximum absolute atomic E-state index is 6.51. The maximum Gasteiger partial charge on any atom is 0.127 e. The van der Waals surface area contributed by atoms with Crippen molar-refractivity contribution < 1.29 is 28.4 Å². The van der Waals surface area contributed by atoms with Crippen LogP contribution in [0.2, 0.25) is 0 Å². The fourth-order valence-electron chi connectivity index (χ4n) is 5.85. The van der Waals surface area contributed by atoms with Crippen molar-refractivity contribution in [3.63, 3.8) is 0 Å². The molecule has 0 heterocycles. The number of hydrogen-bond acceptors (Lipinski definition) is 6. The number of ether oxygens (including phenoxy) is 6. The zero-order chi connectivity index (χ0) is 31.6. The summed E-state index contributed by atoms with van der Waals surface area (Å²) in [4.78, 5) is 0. The first-order valence-electron chi connectivity index (χ1n) is 15.6. The van der Waals surface area contributed by atoms with Gasteiger partial charge in [0, 0.05) is 22.3 Å². The third-order valence-corrected chi connectivity index (χ3v) is 8.31. The van der Waals surface area contributed by atoms with Crippen molar-refractivity contribution >= 4 is 12.2 Å². The Morgan fingerprint density at radius 1 is 0.545 bits per heavy atom. The number of unbranched alkanes of at least 4 members (excludes halogenated alkanes) is 3. The molecule has 0 saturated heterocycles. The molecule has 44 heavy (non-hydrogen) atoms. The van der Waals surface area contributed by atoms with E-state index in [1.807, 2.05) is 32.0 Å². The van der Waals surface area contributed by atoms with E-state index in [9.17, 15) is 0 Å². The Balaban J connectivity index is 1.82. The summed E-state index contributed by atoms with van der Waals surface area (Å²) >= 11 is 0. The van der Waals surface area contributed by atoms with E-state index in [0.717, 1.165) is 100.0 Å². The van der Waals surface area contributed by atoms with Crippen LogP contribution < -0.4 is 28.4 Å². The van der Waals surface area contributed by atoms with Crippen molar-refractivity contribution in [1.82, 2.24) is 0 Å². The number of hydrogen-bond donors (Lipinski definition) is 0. The predicted octanol–water partition coefficient (Wildman–Crippen LogP) is 9.62. The summed E-state index contributed by atoms with van der Waals surface area (Å²) in [6.07, 6.45) is 12.1. The van der Waals surface area contributed by atoms with Crippen molar-refractivity contribution in [1.29, 1.82) is 0 Å². The van der Waals surface area contributed by atoms with Crippen LogP contribution in [0.5, 0.6) is 34.5 Å². The Bertz CT molecular complexity index is 1500. The van der Waals surface area contributed by atoms with E-state index in [-0.39, 0.29) is 0 Å². The summed E-state index contributed by atoms with van der Waals surface area (Å²) < 4.78 is 35.3. The Kier molecular flexibility index (Phi) is 11.6. The minimum Gasteiger partial charge on any atom is -0.496 e. The van der Waals surface area contributed by atoms with E-state index in [2.05, 4.69) is 37.3 Å². The van der Waals surface area contributed by atoms with Crippen LogP contribution in [0.1, 0.15) is 74.1 Å². The second kappa shape index (κ2) is 15.6. The van der Waals surface area contributed by atoms with Crippen LogP contribution in [0.15, 0.2) is 47.5 Å². The molecule has 0 radical (unpaired) electrons. The van der Waals surface area contributed by atoms with Crippen molar-refractivity contribution in [2.45, 2.75) is 65.7 Å². The van der Waals surface area contributed by atoms with E-state index >= 15 is 0 Å². The number of methoxy groups -OCH3 is 5. The first-order valence-corrected chi connectivity index (χ1v) is 15.6. The van der Waals surface area contributed by atoms with Crippen molar-refractivity contribution in [3.8, 4) is 45.6 Å². The van der Waals surface area contributed by atoms with Crippen molar-refractivity contribution in [2.24, 2.45) is 0 Å². The molecule has 6 nitrogen and oxygen atoms in total. The first-order chi connectivity index (χ1) is 21.4. The minimum absolute atomic E-state index is 0.652. The lowest BCUT2D eigenvalue weighted by atomic mass is 9.97. The third kappa shape index (κ3) is 7.53. The van der Waals surface area contributed by atoms with Gasteiger partial charge in [-0.25, -0.2) is 0 Å². The molecular formula is C38H48O6. The molecule has 1 saturated carbocycles. The zero-order valence-corrected chi connectivity index (χ0v) is 27.7. The van der Waals surface area contributed by atoms with Gasteiger partial charge in [0.25, 0.3) is 0 Å². The summed E-state index contributed by atoms with van der Waals surface area (Å²) in [6.45, 7) is 6.91. The molecule has 0 aliphatic heterocycles. The molecular weight excluding hydrogens is 552 g/mol. The molecule has 0 bridgehead atoms. The van der Waals surface area contributed by atoms with Gasteiger partial charge in [0.05, 0.1) is 42.2 Å². The molecule has 0 spiro atoms. The fraction of sp³-hybridized carbons (Fsp3) is 0.421. The second-order valence-electron chi connectivity index (χ2n) is 11.3. The van der Waals surface area contributed by atoms with Crippen LogP contribution >= 0.6 is 0 Å². The van der Waals surface area contributed by atoms with Gasteiger partial charge in [-0.1, -0.05) is 26.2 Å². The van der Waals surface area contributed by atoms with Gasteiger partial charge in [-0.05, 0) is 110 Å². The van der Waals surface area contributed by atoms with Crippen molar-refractivity contribution in [2.75, 3.05) is 42.2 Å². The number of rotatable bonds is 14. The number of aryl methyl sites for hydroxylation is 2. The SMILES string of the molecule is CCCCCCOc1cc(-c2cc(OC)c(C)cc2OC)c(OC)cc1/C=C1/CCC/C1=C\c1cc(OC)c(C)cc1OC. The maximum atomic E-state index is 6.51. The number of allylic oxidation sites excluding steroid dienone is 2. The quantitative estimate of drug-likeness (QED) is 0.172. The normalized spacial score (nSPS) is 14.6. The lowest BCUT2D eigenvalue weighted by molar-refractivity contribution is 0.304. The van der Waals surface area contributed by atoms with E-state index in [0.29, 0.717) is 6.61 Å². The van der Waals surface area contributed by atoms with Gasteiger partial charge in [0.15, 0.2) is 0 Å². The molecule has 0 aromatic heterocycles. The van der Waals surface area contributed by atoms with E-state index in [1.54, 1.807) is 35.5 Å². The smallest absolute Gasteiger partial charge is 0.127 e. The van der Waals surface area contributed by atoms with Gasteiger partial charge in [-0.3, -0.25) is 0 Å². The van der Waals surface area contributed by atoms with Crippen LogP contribution in [-0.4, -0.2) is 42.2 Å². The Hall–Kier alpha value is -4.06. The molecule has 236 valence electrons. The van der Waals surface area contributed by atoms with E-state index in [4.69, 9.17) is 28.4 Å². The van der Waals surface area contributed by atoms with Crippen LogP contribution in [0.3, 0.4) is 0 Å². The summed E-state index contributed by atoms with van der Waals surface area (Å²) in [5.74, 6) is 4.81. The fourth-order valence-corrected chi connectivity index (χ4v) is 5.85. The Morgan fingerprint density at radius 3 is 1.59 bits per heavy atom. The predicted molar refractivity (Wildman–Crippen MR) is 180 cm³/mol. The highest BCUT2D eigenvalue weighted by Crippen LogP contribution is 2.45. The molecule has 0 unspecified atom stereocenters. The molecule has 1 aliphatic carbocycles. The highest BCUT2D eigenvalue weighted by Gasteiger charge is 2.21. The molecule has 3 aromatic rings. The minimum atomic E-state index is 0.652. The molecule has 1 fully saturated rings. The van der Waals surface area contributed by atoms with Gasteiger partial charge < -0.3 is 28.4 Å². The number of benzene rings is 3. The summed E-state index contributed by atoms with van der Waals surface area (Å²) in [5.41, 5.74) is 8.42. The van der Waals surface area contributed by atoms with Gasteiger partial charge in [0.1, 0.15) is 34.5 Å². The second-order valence-corrected chi connectivity index (χ2v) is 11.3. The monoisotopic (exact) mass is 600 g/mol. The Morgan fingerprint density at radius 2 is 1.02 bits per heavy atom. The van der Waals surface area contributed by atoms with Gasteiger partial charge >= 0.3 is 0 Å². The van der Waals surface area contributed by atoms with Crippen LogP contribution in [-0.2, 0) is 0 Å². The molecule has 4 rings (SSSR count). The summed E-state index contributed by atoms with van der Waals surface area (Å²) in [6, 6.07) is 12.3. The van der Waals surface area contributed by atoms with Gasteiger partial charge in [-0.15, -0.1) is 0 Å². The Labute approximate surface area is 263 Å². The van der Waals surface area contributed by atoms with Gasteiger partial charge in [0.2, 0.25) is 0 Å². The van der Waals surface area contributed by atoms with Gasteiger partial charge in [-0.2, -0.15) is 0 Å². The molecule has 1 aliphatic rings. The highest BCUT2D eigenvalue weighted by atomic mass is 16.5. The molecule has 0 amide bonds. The summed E-state index contributed by atoms with van der Waals surface area (Å²) in [7, 11) is 8.50. The topological polar surface area (TPSA) is 55.4 Å². The molecule has 6 heteroatoms. The molecule has 0 atom stereocenters. The van der Waals surface area contributed by atoms with Crippen LogP contribution in [0.25, 0.3) is 23.3 Å². The van der Waals surface area contributed by atoms with Crippen molar-refractivity contribution in [3.05, 3.63) is 69.8 Å². The average Bonchev–Trinajstić information content (AvgIpc) is 3.47. The standard InChI is InChI=1S/C38H48O6/c1-9-10-11-12-16-44-36-24-32(31-23-34(40-5)26(3)18-37(31)42-7)38(43-8)22-30(36)20-28-15-13-14-27(28)19-29-21-33(39-4)25(2)17-35(29)41-6/h17-24H,9-16H2,1-8H3/b27-19+,28-20-. The third-order valence-electron chi connectivity index (χ3n) is 8.31. The summed E-state index contributed by atoms with van der Waals surface area (Å²) in [5, 5.41) is 0. The first kappa shape index (κ1) is 32.8. The van der Waals surface area contributed by atoms with E-state index < -0.39 is 0 Å². The average molecular weight is 601 g/mol. The van der Waals surface area contributed by atoms with Crippen LogP contribution in [0, 0.1) is 13.8 Å². The largest absolute Gasteiger partial charge is 0.496 e. The lowest BCUT2D eigenvalue weighted by Gasteiger charge is -2.19.